The molecular formula is C17H14FN3O4. The van der Waals surface area contributed by atoms with E-state index in [1.807, 2.05) is 0 Å². The van der Waals surface area contributed by atoms with Crippen LogP contribution in [0.1, 0.15) is 5.76 Å². The Labute approximate surface area is 140 Å². The van der Waals surface area contributed by atoms with Crippen molar-refractivity contribution in [3.05, 3.63) is 87.3 Å². The van der Waals surface area contributed by atoms with E-state index in [1.54, 1.807) is 12.1 Å². The standard InChI is InChI=1S/C17H14FN3O4/c18-12-3-5-13(6-4-12)21-8-7-20(16(23)17(21)24)11-15(22)19-10-14-2-1-9-25-14/h1-9H,10-11H2,(H,19,22). The maximum Gasteiger partial charge on any atom is 0.320 e. The summed E-state index contributed by atoms with van der Waals surface area (Å²) in [6.45, 7) is -0.105. The Morgan fingerprint density at radius 1 is 1.08 bits per heavy atom. The van der Waals surface area contributed by atoms with Crippen LogP contribution in [0.15, 0.2) is 69.1 Å². The van der Waals surface area contributed by atoms with Gasteiger partial charge >= 0.3 is 11.1 Å². The second-order valence-electron chi connectivity index (χ2n) is 5.24. The quantitative estimate of drug-likeness (QED) is 0.702. The van der Waals surface area contributed by atoms with Gasteiger partial charge in [0.15, 0.2) is 0 Å². The molecule has 0 spiro atoms. The minimum atomic E-state index is -0.847. The van der Waals surface area contributed by atoms with Crippen LogP contribution in [-0.2, 0) is 17.9 Å². The fourth-order valence-electron chi connectivity index (χ4n) is 2.25. The molecule has 0 aliphatic carbocycles. The minimum absolute atomic E-state index is 0.188. The van der Waals surface area contributed by atoms with Gasteiger partial charge in [-0.25, -0.2) is 4.39 Å². The largest absolute Gasteiger partial charge is 0.467 e. The highest BCUT2D eigenvalue weighted by molar-refractivity contribution is 5.75. The lowest BCUT2D eigenvalue weighted by Gasteiger charge is -2.09. The molecule has 1 N–H and O–H groups in total. The Balaban J connectivity index is 1.76. The first-order valence-electron chi connectivity index (χ1n) is 7.42. The second-order valence-corrected chi connectivity index (χ2v) is 5.24. The summed E-state index contributed by atoms with van der Waals surface area (Å²) >= 11 is 0. The van der Waals surface area contributed by atoms with Crippen LogP contribution in [0.25, 0.3) is 5.69 Å². The third-order valence-electron chi connectivity index (χ3n) is 3.52. The molecule has 0 aliphatic heterocycles. The molecule has 0 aliphatic rings. The SMILES string of the molecule is O=C(Cn1ccn(-c2ccc(F)cc2)c(=O)c1=O)NCc1ccco1. The summed E-state index contributed by atoms with van der Waals surface area (Å²) in [6, 6.07) is 8.55. The predicted octanol–water partition coefficient (Wildman–Crippen LogP) is 1.05. The van der Waals surface area contributed by atoms with Crippen molar-refractivity contribution in [3.8, 4) is 5.69 Å². The van der Waals surface area contributed by atoms with Gasteiger partial charge in [0.05, 0.1) is 12.8 Å². The van der Waals surface area contributed by atoms with Crippen molar-refractivity contribution in [1.29, 1.82) is 0 Å². The van der Waals surface area contributed by atoms with Gasteiger partial charge in [-0.2, -0.15) is 0 Å². The van der Waals surface area contributed by atoms with Gasteiger partial charge in [0.2, 0.25) is 5.91 Å². The monoisotopic (exact) mass is 343 g/mol. The van der Waals surface area contributed by atoms with Crippen LogP contribution in [-0.4, -0.2) is 15.0 Å². The van der Waals surface area contributed by atoms with Crippen LogP contribution in [0, 0.1) is 5.82 Å². The number of rotatable bonds is 5. The zero-order valence-corrected chi connectivity index (χ0v) is 13.0. The van der Waals surface area contributed by atoms with Crippen molar-refractivity contribution in [2.75, 3.05) is 0 Å². The first-order chi connectivity index (χ1) is 12.0. The van der Waals surface area contributed by atoms with Gasteiger partial charge in [0, 0.05) is 18.1 Å². The normalized spacial score (nSPS) is 10.6. The Kier molecular flexibility index (Phi) is 4.60. The van der Waals surface area contributed by atoms with Crippen molar-refractivity contribution >= 4 is 5.91 Å². The van der Waals surface area contributed by atoms with E-state index < -0.39 is 22.8 Å². The van der Waals surface area contributed by atoms with Gasteiger partial charge in [0.25, 0.3) is 0 Å². The molecule has 0 saturated carbocycles. The van der Waals surface area contributed by atoms with Crippen LogP contribution < -0.4 is 16.4 Å². The van der Waals surface area contributed by atoms with Crippen molar-refractivity contribution in [2.24, 2.45) is 0 Å². The van der Waals surface area contributed by atoms with E-state index in [0.717, 1.165) is 9.13 Å². The summed E-state index contributed by atoms with van der Waals surface area (Å²) in [5.41, 5.74) is -1.31. The minimum Gasteiger partial charge on any atom is -0.467 e. The molecule has 0 atom stereocenters. The molecule has 2 heterocycles. The molecule has 3 aromatic rings. The molecule has 0 unspecified atom stereocenters. The molecule has 3 rings (SSSR count). The van der Waals surface area contributed by atoms with Crippen LogP contribution in [0.4, 0.5) is 4.39 Å². The van der Waals surface area contributed by atoms with E-state index in [4.69, 9.17) is 4.42 Å². The molecule has 8 heteroatoms. The van der Waals surface area contributed by atoms with Gasteiger partial charge in [-0.1, -0.05) is 0 Å². The second kappa shape index (κ2) is 7.00. The van der Waals surface area contributed by atoms with E-state index in [2.05, 4.69) is 5.32 Å². The maximum absolute atomic E-state index is 13.0. The topological polar surface area (TPSA) is 86.2 Å². The summed E-state index contributed by atoms with van der Waals surface area (Å²) in [5, 5.41) is 2.59. The highest BCUT2D eigenvalue weighted by atomic mass is 19.1. The lowest BCUT2D eigenvalue weighted by molar-refractivity contribution is -0.122. The molecule has 128 valence electrons. The average molecular weight is 343 g/mol. The number of aromatic nitrogens is 2. The van der Waals surface area contributed by atoms with Crippen LogP contribution in [0.3, 0.4) is 0 Å². The number of halogens is 1. The van der Waals surface area contributed by atoms with Crippen LogP contribution in [0.5, 0.6) is 0 Å². The van der Waals surface area contributed by atoms with Gasteiger partial charge in [0.1, 0.15) is 18.1 Å². The van der Waals surface area contributed by atoms with Gasteiger partial charge in [-0.3, -0.25) is 23.5 Å². The van der Waals surface area contributed by atoms with Crippen molar-refractivity contribution < 1.29 is 13.6 Å². The Bertz CT molecular complexity index is 988. The van der Waals surface area contributed by atoms with Crippen molar-refractivity contribution in [3.63, 3.8) is 0 Å². The Morgan fingerprint density at radius 3 is 2.52 bits per heavy atom. The first-order valence-corrected chi connectivity index (χ1v) is 7.42. The van der Waals surface area contributed by atoms with Crippen LogP contribution in [0.2, 0.25) is 0 Å². The molecule has 1 aromatic carbocycles. The highest BCUT2D eigenvalue weighted by Gasteiger charge is 2.10. The smallest absolute Gasteiger partial charge is 0.320 e. The summed E-state index contributed by atoms with van der Waals surface area (Å²) in [7, 11) is 0. The number of amides is 1. The lowest BCUT2D eigenvalue weighted by Crippen LogP contribution is -2.42. The Hall–Kier alpha value is -3.42. The molecular weight excluding hydrogens is 329 g/mol. The lowest BCUT2D eigenvalue weighted by atomic mass is 10.3. The summed E-state index contributed by atoms with van der Waals surface area (Å²) in [6.07, 6.45) is 4.18. The molecule has 25 heavy (non-hydrogen) atoms. The van der Waals surface area contributed by atoms with Crippen LogP contribution >= 0.6 is 0 Å². The summed E-state index contributed by atoms with van der Waals surface area (Å²) < 4.78 is 20.2. The first kappa shape index (κ1) is 16.4. The van der Waals surface area contributed by atoms with Gasteiger partial charge < -0.3 is 9.73 Å². The summed E-state index contributed by atoms with van der Waals surface area (Å²) in [4.78, 5) is 36.2. The average Bonchev–Trinajstić information content (AvgIpc) is 3.12. The molecule has 0 bridgehead atoms. The zero-order chi connectivity index (χ0) is 17.8. The highest BCUT2D eigenvalue weighted by Crippen LogP contribution is 2.05. The number of nitrogens with one attached hydrogen (secondary N) is 1. The predicted molar refractivity (Wildman–Crippen MR) is 86.8 cm³/mol. The van der Waals surface area contributed by atoms with E-state index >= 15 is 0 Å². The van der Waals surface area contributed by atoms with E-state index in [0.29, 0.717) is 11.4 Å². The number of benzene rings is 1. The Morgan fingerprint density at radius 2 is 1.84 bits per heavy atom. The summed E-state index contributed by atoms with van der Waals surface area (Å²) in [5.74, 6) is -0.303. The van der Waals surface area contributed by atoms with E-state index in [9.17, 15) is 18.8 Å². The van der Waals surface area contributed by atoms with E-state index in [-0.39, 0.29) is 13.1 Å². The van der Waals surface area contributed by atoms with E-state index in [1.165, 1.54) is 42.9 Å². The maximum atomic E-state index is 13.0. The molecule has 0 radical (unpaired) electrons. The van der Waals surface area contributed by atoms with Crippen molar-refractivity contribution in [1.82, 2.24) is 14.5 Å². The third kappa shape index (κ3) is 3.74. The fraction of sp³-hybridized carbons (Fsp3) is 0.118. The third-order valence-corrected chi connectivity index (χ3v) is 3.52. The number of hydrogen-bond donors (Lipinski definition) is 1. The molecule has 0 saturated heterocycles. The number of carbonyl (C=O) groups excluding carboxylic acids is 1. The molecule has 1 amide bonds. The molecule has 7 nitrogen and oxygen atoms in total. The molecule has 0 fully saturated rings. The van der Waals surface area contributed by atoms with Crippen molar-refractivity contribution in [2.45, 2.75) is 13.1 Å². The fourth-order valence-corrected chi connectivity index (χ4v) is 2.25. The number of hydrogen-bond acceptors (Lipinski definition) is 4. The van der Waals surface area contributed by atoms with Gasteiger partial charge in [-0.15, -0.1) is 0 Å². The number of nitrogens with zero attached hydrogens (tertiary/aromatic N) is 2. The number of carbonyl (C=O) groups is 1. The number of furan rings is 1. The van der Waals surface area contributed by atoms with Gasteiger partial charge in [-0.05, 0) is 36.4 Å². The molecule has 2 aromatic heterocycles. The zero-order valence-electron chi connectivity index (χ0n) is 13.0.